The standard InChI is InChI=1S/C15H23NO2/c1-5-12-10-13(7-9-15(12)18-4)14(16-3)8-6-11(2)17/h7,9-10,14,16H,5-6,8H2,1-4H3. The molecule has 1 N–H and O–H groups in total. The number of hydrogen-bond acceptors (Lipinski definition) is 3. The summed E-state index contributed by atoms with van der Waals surface area (Å²) in [5, 5.41) is 3.27. The molecule has 3 nitrogen and oxygen atoms in total. The average Bonchev–Trinajstić information content (AvgIpc) is 2.38. The second kappa shape index (κ2) is 7.17. The van der Waals surface area contributed by atoms with Gasteiger partial charge in [0.1, 0.15) is 11.5 Å². The zero-order valence-electron chi connectivity index (χ0n) is 11.7. The Balaban J connectivity index is 2.88. The molecule has 1 aromatic carbocycles. The maximum Gasteiger partial charge on any atom is 0.129 e. The van der Waals surface area contributed by atoms with E-state index in [1.165, 1.54) is 11.1 Å². The van der Waals surface area contributed by atoms with E-state index in [0.717, 1.165) is 18.6 Å². The maximum atomic E-state index is 11.1. The first-order valence-electron chi connectivity index (χ1n) is 6.45. The Hall–Kier alpha value is -1.35. The monoisotopic (exact) mass is 249 g/mol. The van der Waals surface area contributed by atoms with Crippen LogP contribution in [0.25, 0.3) is 0 Å². The molecule has 0 radical (unpaired) electrons. The highest BCUT2D eigenvalue weighted by atomic mass is 16.5. The van der Waals surface area contributed by atoms with Gasteiger partial charge in [-0.3, -0.25) is 0 Å². The number of Topliss-reactive ketones (excluding diaryl/α,β-unsaturated/α-hetero) is 1. The number of rotatable bonds is 7. The molecule has 1 rings (SSSR count). The Labute approximate surface area is 110 Å². The van der Waals surface area contributed by atoms with E-state index in [-0.39, 0.29) is 11.8 Å². The van der Waals surface area contributed by atoms with Crippen molar-refractivity contribution in [2.75, 3.05) is 14.2 Å². The molecule has 1 unspecified atom stereocenters. The maximum absolute atomic E-state index is 11.1. The lowest BCUT2D eigenvalue weighted by atomic mass is 9.98. The van der Waals surface area contributed by atoms with Crippen molar-refractivity contribution < 1.29 is 9.53 Å². The van der Waals surface area contributed by atoms with Crippen molar-refractivity contribution in [3.05, 3.63) is 29.3 Å². The highest BCUT2D eigenvalue weighted by Crippen LogP contribution is 2.25. The van der Waals surface area contributed by atoms with E-state index in [4.69, 9.17) is 4.74 Å². The summed E-state index contributed by atoms with van der Waals surface area (Å²) in [6.07, 6.45) is 2.39. The van der Waals surface area contributed by atoms with Gasteiger partial charge < -0.3 is 14.8 Å². The van der Waals surface area contributed by atoms with Crippen LogP contribution >= 0.6 is 0 Å². The number of carbonyl (C=O) groups excluding carboxylic acids is 1. The molecule has 0 heterocycles. The first kappa shape index (κ1) is 14.7. The van der Waals surface area contributed by atoms with Gasteiger partial charge >= 0.3 is 0 Å². The van der Waals surface area contributed by atoms with Crippen LogP contribution in [0.1, 0.15) is 43.9 Å². The molecule has 100 valence electrons. The van der Waals surface area contributed by atoms with E-state index < -0.39 is 0 Å². The number of carbonyl (C=O) groups is 1. The Bertz CT molecular complexity index is 401. The molecule has 18 heavy (non-hydrogen) atoms. The number of ketones is 1. The van der Waals surface area contributed by atoms with E-state index in [1.54, 1.807) is 14.0 Å². The molecule has 1 aromatic rings. The third-order valence-corrected chi connectivity index (χ3v) is 3.22. The number of hydrogen-bond donors (Lipinski definition) is 1. The van der Waals surface area contributed by atoms with Gasteiger partial charge in [-0.15, -0.1) is 0 Å². The van der Waals surface area contributed by atoms with Gasteiger partial charge in [0.2, 0.25) is 0 Å². The van der Waals surface area contributed by atoms with Crippen LogP contribution in [0.3, 0.4) is 0 Å². The molecular weight excluding hydrogens is 226 g/mol. The number of aryl methyl sites for hydroxylation is 1. The van der Waals surface area contributed by atoms with E-state index in [2.05, 4.69) is 24.4 Å². The highest BCUT2D eigenvalue weighted by Gasteiger charge is 2.12. The smallest absolute Gasteiger partial charge is 0.129 e. The predicted molar refractivity (Wildman–Crippen MR) is 74.1 cm³/mol. The number of ether oxygens (including phenoxy) is 1. The molecule has 0 spiro atoms. The van der Waals surface area contributed by atoms with Gasteiger partial charge in [-0.25, -0.2) is 0 Å². The molecule has 0 saturated carbocycles. The lowest BCUT2D eigenvalue weighted by Crippen LogP contribution is -2.17. The average molecular weight is 249 g/mol. The molecular formula is C15H23NO2. The van der Waals surface area contributed by atoms with Gasteiger partial charge in [0, 0.05) is 12.5 Å². The summed E-state index contributed by atoms with van der Waals surface area (Å²) in [4.78, 5) is 11.1. The van der Waals surface area contributed by atoms with Crippen LogP contribution in [-0.4, -0.2) is 19.9 Å². The lowest BCUT2D eigenvalue weighted by Gasteiger charge is -2.18. The molecule has 0 bridgehead atoms. The number of benzene rings is 1. The van der Waals surface area contributed by atoms with E-state index in [1.807, 2.05) is 13.1 Å². The fourth-order valence-electron chi connectivity index (χ4n) is 2.12. The minimum absolute atomic E-state index is 0.227. The van der Waals surface area contributed by atoms with E-state index >= 15 is 0 Å². The van der Waals surface area contributed by atoms with Crippen LogP contribution in [0.2, 0.25) is 0 Å². The Morgan fingerprint density at radius 3 is 2.67 bits per heavy atom. The van der Waals surface area contributed by atoms with Crippen molar-refractivity contribution in [2.24, 2.45) is 0 Å². The van der Waals surface area contributed by atoms with Crippen molar-refractivity contribution in [3.63, 3.8) is 0 Å². The van der Waals surface area contributed by atoms with Crippen molar-refractivity contribution in [3.8, 4) is 5.75 Å². The summed E-state index contributed by atoms with van der Waals surface area (Å²) in [7, 11) is 3.63. The van der Waals surface area contributed by atoms with Gasteiger partial charge in [-0.05, 0) is 44.0 Å². The third kappa shape index (κ3) is 3.84. The molecule has 0 aliphatic heterocycles. The zero-order chi connectivity index (χ0) is 13.5. The van der Waals surface area contributed by atoms with Crippen LogP contribution < -0.4 is 10.1 Å². The molecule has 0 amide bonds. The van der Waals surface area contributed by atoms with Crippen molar-refractivity contribution in [1.82, 2.24) is 5.32 Å². The molecule has 0 saturated heterocycles. The molecule has 1 atom stereocenters. The molecule has 0 fully saturated rings. The Morgan fingerprint density at radius 1 is 1.44 bits per heavy atom. The minimum Gasteiger partial charge on any atom is -0.496 e. The summed E-state index contributed by atoms with van der Waals surface area (Å²) in [6, 6.07) is 6.47. The summed E-state index contributed by atoms with van der Waals surface area (Å²) in [5.74, 6) is 1.17. The largest absolute Gasteiger partial charge is 0.496 e. The van der Waals surface area contributed by atoms with Gasteiger partial charge in [0.05, 0.1) is 7.11 Å². The third-order valence-electron chi connectivity index (χ3n) is 3.22. The van der Waals surface area contributed by atoms with Crippen molar-refractivity contribution in [1.29, 1.82) is 0 Å². The first-order valence-corrected chi connectivity index (χ1v) is 6.45. The Morgan fingerprint density at radius 2 is 2.17 bits per heavy atom. The zero-order valence-corrected chi connectivity index (χ0v) is 11.7. The Kier molecular flexibility index (Phi) is 5.86. The van der Waals surface area contributed by atoms with E-state index in [0.29, 0.717) is 6.42 Å². The van der Waals surface area contributed by atoms with Crippen LogP contribution in [0.5, 0.6) is 5.75 Å². The summed E-state index contributed by atoms with van der Waals surface area (Å²) < 4.78 is 5.33. The summed E-state index contributed by atoms with van der Waals surface area (Å²) in [6.45, 7) is 3.75. The number of nitrogens with one attached hydrogen (secondary N) is 1. The SMILES string of the molecule is CCc1cc(C(CCC(C)=O)NC)ccc1OC. The quantitative estimate of drug-likeness (QED) is 0.807. The van der Waals surface area contributed by atoms with Crippen molar-refractivity contribution in [2.45, 2.75) is 39.2 Å². The molecule has 0 aromatic heterocycles. The van der Waals surface area contributed by atoms with Crippen LogP contribution in [0.4, 0.5) is 0 Å². The summed E-state index contributed by atoms with van der Waals surface area (Å²) in [5.41, 5.74) is 2.43. The summed E-state index contributed by atoms with van der Waals surface area (Å²) >= 11 is 0. The van der Waals surface area contributed by atoms with Crippen LogP contribution in [0.15, 0.2) is 18.2 Å². The predicted octanol–water partition coefficient (Wildman–Crippen LogP) is 2.89. The molecule has 0 aliphatic rings. The van der Waals surface area contributed by atoms with Crippen LogP contribution in [0, 0.1) is 0 Å². The lowest BCUT2D eigenvalue weighted by molar-refractivity contribution is -0.117. The fourth-order valence-corrected chi connectivity index (χ4v) is 2.12. The van der Waals surface area contributed by atoms with Gasteiger partial charge in [0.15, 0.2) is 0 Å². The number of methoxy groups -OCH3 is 1. The second-order valence-electron chi connectivity index (χ2n) is 4.51. The topological polar surface area (TPSA) is 38.3 Å². The molecule has 0 aliphatic carbocycles. The van der Waals surface area contributed by atoms with Gasteiger partial charge in [0.25, 0.3) is 0 Å². The van der Waals surface area contributed by atoms with Crippen molar-refractivity contribution >= 4 is 5.78 Å². The normalized spacial score (nSPS) is 12.2. The first-order chi connectivity index (χ1) is 8.62. The van der Waals surface area contributed by atoms with Gasteiger partial charge in [-0.2, -0.15) is 0 Å². The molecule has 3 heteroatoms. The van der Waals surface area contributed by atoms with Gasteiger partial charge in [-0.1, -0.05) is 19.1 Å². The van der Waals surface area contributed by atoms with Crippen LogP contribution in [-0.2, 0) is 11.2 Å². The minimum atomic E-state index is 0.227. The van der Waals surface area contributed by atoms with E-state index in [9.17, 15) is 4.79 Å². The fraction of sp³-hybridized carbons (Fsp3) is 0.533. The second-order valence-corrected chi connectivity index (χ2v) is 4.51. The highest BCUT2D eigenvalue weighted by molar-refractivity contribution is 5.75.